The second-order valence-electron chi connectivity index (χ2n) is 5.31. The fourth-order valence-electron chi connectivity index (χ4n) is 2.83. The minimum atomic E-state index is 0.104. The summed E-state index contributed by atoms with van der Waals surface area (Å²) >= 11 is 0. The quantitative estimate of drug-likeness (QED) is 0.905. The molecule has 21 heavy (non-hydrogen) atoms. The second kappa shape index (κ2) is 6.04. The fourth-order valence-corrected chi connectivity index (χ4v) is 2.83. The van der Waals surface area contributed by atoms with Gasteiger partial charge in [-0.15, -0.1) is 0 Å². The largest absolute Gasteiger partial charge is 0.497 e. The normalized spacial score (nSPS) is 20.2. The van der Waals surface area contributed by atoms with Crippen molar-refractivity contribution >= 4 is 5.91 Å². The van der Waals surface area contributed by atoms with Gasteiger partial charge in [0.1, 0.15) is 11.5 Å². The van der Waals surface area contributed by atoms with E-state index in [2.05, 4.69) is 11.4 Å². The van der Waals surface area contributed by atoms with E-state index in [1.807, 2.05) is 30.3 Å². The average molecular weight is 285 g/mol. The molecule has 1 unspecified atom stereocenters. The van der Waals surface area contributed by atoms with Gasteiger partial charge in [0.25, 0.3) is 0 Å². The summed E-state index contributed by atoms with van der Waals surface area (Å²) in [6.07, 6.45) is 6.58. The van der Waals surface area contributed by atoms with Crippen molar-refractivity contribution in [2.75, 3.05) is 13.7 Å². The molecule has 1 aromatic rings. The summed E-state index contributed by atoms with van der Waals surface area (Å²) < 4.78 is 10.9. The van der Waals surface area contributed by atoms with E-state index in [-0.39, 0.29) is 5.91 Å². The van der Waals surface area contributed by atoms with Crippen molar-refractivity contribution in [3.63, 3.8) is 0 Å². The molecule has 0 fully saturated rings. The topological polar surface area (TPSA) is 47.6 Å². The Hall–Kier alpha value is -2.23. The fraction of sp³-hybridized carbons (Fsp3) is 0.353. The zero-order chi connectivity index (χ0) is 14.7. The number of nitrogens with one attached hydrogen (secondary N) is 1. The Morgan fingerprint density at radius 3 is 2.76 bits per heavy atom. The van der Waals surface area contributed by atoms with Crippen molar-refractivity contribution in [2.24, 2.45) is 5.92 Å². The van der Waals surface area contributed by atoms with Gasteiger partial charge in [-0.05, 0) is 54.7 Å². The lowest BCUT2D eigenvalue weighted by Crippen LogP contribution is -2.14. The van der Waals surface area contributed by atoms with Gasteiger partial charge in [-0.3, -0.25) is 4.79 Å². The van der Waals surface area contributed by atoms with Crippen molar-refractivity contribution in [1.29, 1.82) is 0 Å². The maximum absolute atomic E-state index is 11.5. The number of amides is 1. The van der Waals surface area contributed by atoms with Crippen LogP contribution in [0.2, 0.25) is 0 Å². The lowest BCUT2D eigenvalue weighted by molar-refractivity contribution is -0.118. The van der Waals surface area contributed by atoms with E-state index in [1.165, 1.54) is 5.57 Å². The van der Waals surface area contributed by atoms with E-state index >= 15 is 0 Å². The highest BCUT2D eigenvalue weighted by Crippen LogP contribution is 2.32. The van der Waals surface area contributed by atoms with Crippen LogP contribution >= 0.6 is 0 Å². The van der Waals surface area contributed by atoms with E-state index in [0.717, 1.165) is 30.0 Å². The van der Waals surface area contributed by atoms with Crippen molar-refractivity contribution in [1.82, 2.24) is 5.32 Å². The van der Waals surface area contributed by atoms with Gasteiger partial charge in [0.15, 0.2) is 0 Å². The van der Waals surface area contributed by atoms with Crippen LogP contribution in [0, 0.1) is 5.92 Å². The monoisotopic (exact) mass is 285 g/mol. The number of carbonyl (C=O) groups is 1. The first-order valence-electron chi connectivity index (χ1n) is 7.22. The van der Waals surface area contributed by atoms with E-state index in [9.17, 15) is 4.79 Å². The molecule has 0 bridgehead atoms. The Balaban J connectivity index is 1.53. The van der Waals surface area contributed by atoms with Gasteiger partial charge in [-0.25, -0.2) is 0 Å². The Morgan fingerprint density at radius 1 is 1.24 bits per heavy atom. The molecule has 1 atom stereocenters. The van der Waals surface area contributed by atoms with Crippen molar-refractivity contribution < 1.29 is 14.3 Å². The molecule has 1 amide bonds. The summed E-state index contributed by atoms with van der Waals surface area (Å²) in [5.74, 6) is 2.18. The van der Waals surface area contributed by atoms with E-state index < -0.39 is 0 Å². The number of hydrogen-bond acceptors (Lipinski definition) is 3. The van der Waals surface area contributed by atoms with Crippen LogP contribution in [-0.4, -0.2) is 19.6 Å². The molecule has 0 spiro atoms. The van der Waals surface area contributed by atoms with Crippen LogP contribution in [-0.2, 0) is 4.79 Å². The molecular formula is C17H19NO3. The molecule has 0 radical (unpaired) electrons. The molecule has 0 aromatic heterocycles. The van der Waals surface area contributed by atoms with E-state index in [4.69, 9.17) is 9.47 Å². The molecule has 1 aromatic carbocycles. The zero-order valence-electron chi connectivity index (χ0n) is 12.1. The maximum atomic E-state index is 11.5. The first-order chi connectivity index (χ1) is 10.3. The highest BCUT2D eigenvalue weighted by atomic mass is 16.5. The van der Waals surface area contributed by atoms with Crippen LogP contribution in [0.1, 0.15) is 19.3 Å². The number of hydrogen-bond donors (Lipinski definition) is 1. The van der Waals surface area contributed by atoms with Crippen LogP contribution in [0.5, 0.6) is 11.5 Å². The van der Waals surface area contributed by atoms with Gasteiger partial charge >= 0.3 is 0 Å². The summed E-state index contributed by atoms with van der Waals surface area (Å²) in [6, 6.07) is 7.59. The van der Waals surface area contributed by atoms with Gasteiger partial charge in [-0.1, -0.05) is 6.08 Å². The number of methoxy groups -OCH3 is 1. The van der Waals surface area contributed by atoms with Gasteiger partial charge in [0, 0.05) is 5.70 Å². The first-order valence-corrected chi connectivity index (χ1v) is 7.22. The summed E-state index contributed by atoms with van der Waals surface area (Å²) in [5, 5.41) is 2.91. The third-order valence-corrected chi connectivity index (χ3v) is 3.96. The summed E-state index contributed by atoms with van der Waals surface area (Å²) in [7, 11) is 1.65. The predicted octanol–water partition coefficient (Wildman–Crippen LogP) is 2.81. The molecule has 1 aliphatic carbocycles. The number of allylic oxidation sites excluding steroid dienone is 2. The maximum Gasteiger partial charge on any atom is 0.228 e. The average Bonchev–Trinajstić information content (AvgIpc) is 2.89. The highest BCUT2D eigenvalue weighted by Gasteiger charge is 2.27. The molecule has 0 saturated carbocycles. The molecular weight excluding hydrogens is 266 g/mol. The minimum absolute atomic E-state index is 0.104. The number of benzene rings is 1. The molecule has 1 N–H and O–H groups in total. The Bertz CT molecular complexity index is 587. The molecule has 1 heterocycles. The molecule has 1 aliphatic heterocycles. The molecule has 0 saturated heterocycles. The molecule has 2 aliphatic rings. The Morgan fingerprint density at radius 2 is 2.00 bits per heavy atom. The standard InChI is InChI=1S/C17H19NO3/c1-20-13-5-7-14(8-6-13)21-10-9-12-3-2-4-16-15(12)11-17(19)18-16/h2,4-8,12H,3,9-11H2,1H3,(H,18,19). The lowest BCUT2D eigenvalue weighted by atomic mass is 9.87. The molecule has 3 rings (SSSR count). The van der Waals surface area contributed by atoms with Gasteiger partial charge in [-0.2, -0.15) is 0 Å². The highest BCUT2D eigenvalue weighted by molar-refractivity contribution is 5.85. The molecule has 110 valence electrons. The zero-order valence-corrected chi connectivity index (χ0v) is 12.1. The smallest absolute Gasteiger partial charge is 0.228 e. The van der Waals surface area contributed by atoms with Crippen LogP contribution in [0.15, 0.2) is 47.7 Å². The first kappa shape index (κ1) is 13.7. The lowest BCUT2D eigenvalue weighted by Gasteiger charge is -2.20. The van der Waals surface area contributed by atoms with Gasteiger partial charge in [0.05, 0.1) is 20.1 Å². The van der Waals surface area contributed by atoms with Crippen molar-refractivity contribution in [3.05, 3.63) is 47.7 Å². The molecule has 4 nitrogen and oxygen atoms in total. The minimum Gasteiger partial charge on any atom is -0.497 e. The van der Waals surface area contributed by atoms with Crippen LogP contribution in [0.25, 0.3) is 0 Å². The van der Waals surface area contributed by atoms with Gasteiger partial charge < -0.3 is 14.8 Å². The van der Waals surface area contributed by atoms with Crippen LogP contribution in [0.4, 0.5) is 0 Å². The number of carbonyl (C=O) groups excluding carboxylic acids is 1. The summed E-state index contributed by atoms with van der Waals surface area (Å²) in [6.45, 7) is 0.649. The van der Waals surface area contributed by atoms with E-state index in [0.29, 0.717) is 18.9 Å². The summed E-state index contributed by atoms with van der Waals surface area (Å²) in [5.41, 5.74) is 2.24. The Labute approximate surface area is 124 Å². The van der Waals surface area contributed by atoms with Crippen LogP contribution in [0.3, 0.4) is 0 Å². The third-order valence-electron chi connectivity index (χ3n) is 3.96. The van der Waals surface area contributed by atoms with E-state index in [1.54, 1.807) is 7.11 Å². The molecule has 4 heteroatoms. The van der Waals surface area contributed by atoms with Crippen LogP contribution < -0.4 is 14.8 Å². The summed E-state index contributed by atoms with van der Waals surface area (Å²) in [4.78, 5) is 11.5. The SMILES string of the molecule is COc1ccc(OCCC2CC=CC3=C2CC(=O)N3)cc1. The van der Waals surface area contributed by atoms with Crippen molar-refractivity contribution in [2.45, 2.75) is 19.3 Å². The predicted molar refractivity (Wildman–Crippen MR) is 80.1 cm³/mol. The Kier molecular flexibility index (Phi) is 3.95. The number of rotatable bonds is 5. The second-order valence-corrected chi connectivity index (χ2v) is 5.31. The number of ether oxygens (including phenoxy) is 2. The van der Waals surface area contributed by atoms with Crippen molar-refractivity contribution in [3.8, 4) is 11.5 Å². The third kappa shape index (κ3) is 3.10. The van der Waals surface area contributed by atoms with Gasteiger partial charge in [0.2, 0.25) is 5.91 Å².